The van der Waals surface area contributed by atoms with Gasteiger partial charge in [-0.25, -0.2) is 4.79 Å². The maximum atomic E-state index is 11.9. The minimum atomic E-state index is -0.297. The molecule has 0 saturated heterocycles. The van der Waals surface area contributed by atoms with Crippen LogP contribution in [0.2, 0.25) is 0 Å². The Morgan fingerprint density at radius 2 is 2.24 bits per heavy atom. The van der Waals surface area contributed by atoms with Crippen LogP contribution in [0.25, 0.3) is 5.69 Å². The van der Waals surface area contributed by atoms with Crippen LogP contribution in [0.4, 0.5) is 0 Å². The van der Waals surface area contributed by atoms with Crippen molar-refractivity contribution in [3.8, 4) is 11.4 Å². The molecule has 0 amide bonds. The van der Waals surface area contributed by atoms with E-state index in [0.29, 0.717) is 18.3 Å². The number of para-hydroxylation sites is 1. The smallest absolute Gasteiger partial charge is 0.368 e. The molecule has 0 bridgehead atoms. The summed E-state index contributed by atoms with van der Waals surface area (Å²) in [6.45, 7) is 2.22. The summed E-state index contributed by atoms with van der Waals surface area (Å²) in [6.07, 6.45) is 0. The Hall–Kier alpha value is -2.41. The van der Waals surface area contributed by atoms with Crippen LogP contribution in [0.15, 0.2) is 39.8 Å². The van der Waals surface area contributed by atoms with E-state index >= 15 is 0 Å². The highest BCUT2D eigenvalue weighted by molar-refractivity contribution is 7.08. The third-order valence-electron chi connectivity index (χ3n) is 3.07. The number of hydrogen-bond donors (Lipinski definition) is 0. The number of aromatic nitrogens is 4. The minimum absolute atomic E-state index is 0.297. The Morgan fingerprint density at radius 1 is 1.38 bits per heavy atom. The van der Waals surface area contributed by atoms with E-state index < -0.39 is 0 Å². The second-order valence-corrected chi connectivity index (χ2v) is 5.30. The van der Waals surface area contributed by atoms with Gasteiger partial charge in [0.15, 0.2) is 0 Å². The molecule has 0 aliphatic heterocycles. The molecule has 108 valence electrons. The van der Waals surface area contributed by atoms with E-state index in [9.17, 15) is 4.79 Å². The van der Waals surface area contributed by atoms with Crippen molar-refractivity contribution in [3.63, 3.8) is 0 Å². The average molecular weight is 304 g/mol. The van der Waals surface area contributed by atoms with Gasteiger partial charge in [-0.1, -0.05) is 18.2 Å². The van der Waals surface area contributed by atoms with Crippen molar-refractivity contribution in [3.05, 3.63) is 56.6 Å². The highest BCUT2D eigenvalue weighted by Crippen LogP contribution is 2.22. The highest BCUT2D eigenvalue weighted by atomic mass is 32.1. The van der Waals surface area contributed by atoms with Gasteiger partial charge < -0.3 is 4.74 Å². The van der Waals surface area contributed by atoms with Gasteiger partial charge in [-0.3, -0.25) is 0 Å². The van der Waals surface area contributed by atoms with E-state index in [0.717, 1.165) is 16.9 Å². The van der Waals surface area contributed by atoms with Gasteiger partial charge in [-0.15, -0.1) is 11.3 Å². The minimum Gasteiger partial charge on any atom is -0.489 e. The Bertz CT molecular complexity index is 868. The maximum absolute atomic E-state index is 11.9. The normalized spacial score (nSPS) is 11.4. The predicted octanol–water partition coefficient (Wildman–Crippen LogP) is 1.91. The third-order valence-corrected chi connectivity index (χ3v) is 3.85. The monoisotopic (exact) mass is 304 g/mol. The van der Waals surface area contributed by atoms with Gasteiger partial charge in [-0.05, 0) is 34.4 Å². The maximum Gasteiger partial charge on any atom is 0.368 e. The second kappa shape index (κ2) is 5.53. The molecule has 0 aliphatic rings. The van der Waals surface area contributed by atoms with Crippen LogP contribution in [0.5, 0.6) is 5.75 Å². The molecule has 0 spiro atoms. The first-order valence-corrected chi connectivity index (χ1v) is 7.25. The van der Waals surface area contributed by atoms with Crippen LogP contribution in [0.3, 0.4) is 0 Å². The van der Waals surface area contributed by atoms with Crippen molar-refractivity contribution in [1.29, 1.82) is 0 Å². The number of tetrazole rings is 1. The first kappa shape index (κ1) is 12.3. The fourth-order valence-corrected chi connectivity index (χ4v) is 2.69. The lowest BCUT2D eigenvalue weighted by atomic mass is 10.2. The quantitative estimate of drug-likeness (QED) is 0.739. The number of benzene rings is 1. The molecular weight excluding hydrogens is 288 g/mol. The van der Waals surface area contributed by atoms with Crippen LogP contribution >= 0.6 is 11.3 Å². The molecule has 0 unspecified atom stereocenters. The topological polar surface area (TPSA) is 61.9 Å². The zero-order valence-electron chi connectivity index (χ0n) is 12.6. The molecular formula is C14H14N4O2S. The van der Waals surface area contributed by atoms with Crippen LogP contribution in [-0.2, 0) is 13.7 Å². The number of nitrogens with zero attached hydrogens (tertiary/aromatic N) is 4. The summed E-state index contributed by atoms with van der Waals surface area (Å²) < 4.78 is 15.8. The molecule has 0 saturated carbocycles. The van der Waals surface area contributed by atoms with E-state index in [1.165, 1.54) is 20.7 Å². The molecule has 2 heterocycles. The van der Waals surface area contributed by atoms with Gasteiger partial charge in [0.1, 0.15) is 12.4 Å². The first-order chi connectivity index (χ1) is 10.6. The van der Waals surface area contributed by atoms with E-state index in [-0.39, 0.29) is 5.69 Å². The van der Waals surface area contributed by atoms with Gasteiger partial charge in [0.05, 0.1) is 7.06 Å². The van der Waals surface area contributed by atoms with Gasteiger partial charge in [0.25, 0.3) is 0 Å². The van der Waals surface area contributed by atoms with Gasteiger partial charge in [0.2, 0.25) is 0 Å². The lowest BCUT2D eigenvalue weighted by molar-refractivity contribution is 0.304. The van der Waals surface area contributed by atoms with Gasteiger partial charge in [0, 0.05) is 18.0 Å². The summed E-state index contributed by atoms with van der Waals surface area (Å²) >= 11 is 1.47. The second-order valence-electron chi connectivity index (χ2n) is 4.56. The lowest BCUT2D eigenvalue weighted by Gasteiger charge is -2.09. The van der Waals surface area contributed by atoms with Crippen LogP contribution < -0.4 is 10.4 Å². The van der Waals surface area contributed by atoms with Crippen LogP contribution in [0, 0.1) is 6.92 Å². The fraction of sp³-hybridized carbons (Fsp3) is 0.214. The Kier molecular flexibility index (Phi) is 3.25. The Balaban J connectivity index is 1.84. The molecule has 0 radical (unpaired) electrons. The van der Waals surface area contributed by atoms with Crippen molar-refractivity contribution in [2.45, 2.75) is 13.5 Å². The molecule has 0 atom stereocenters. The van der Waals surface area contributed by atoms with Crippen molar-refractivity contribution in [2.24, 2.45) is 7.05 Å². The zero-order valence-corrected chi connectivity index (χ0v) is 12.4. The first-order valence-electron chi connectivity index (χ1n) is 6.81. The Labute approximate surface area is 126 Å². The number of thiophene rings is 1. The molecule has 0 aliphatic carbocycles. The molecule has 21 heavy (non-hydrogen) atoms. The summed E-state index contributed by atoms with van der Waals surface area (Å²) in [4.78, 5) is 11.9. The van der Waals surface area contributed by atoms with Crippen LogP contribution in [-0.4, -0.2) is 19.8 Å². The molecule has 3 aromatic rings. The SMILES string of the molecule is [3H]c1ccc(OCc2cscc2-n2nnn(C)c2=O)c(C)c1. The molecule has 1 aromatic carbocycles. The fourth-order valence-electron chi connectivity index (χ4n) is 1.89. The predicted molar refractivity (Wildman–Crippen MR) is 80.0 cm³/mol. The summed E-state index contributed by atoms with van der Waals surface area (Å²) in [6, 6.07) is 5.66. The molecule has 7 heteroatoms. The Morgan fingerprint density at radius 3 is 2.95 bits per heavy atom. The largest absolute Gasteiger partial charge is 0.489 e. The molecule has 0 fully saturated rings. The van der Waals surface area contributed by atoms with Crippen molar-refractivity contribution in [1.82, 2.24) is 19.8 Å². The molecule has 2 aromatic heterocycles. The van der Waals surface area contributed by atoms with Gasteiger partial charge >= 0.3 is 5.69 Å². The van der Waals surface area contributed by atoms with E-state index in [1.54, 1.807) is 25.2 Å². The highest BCUT2D eigenvalue weighted by Gasteiger charge is 2.12. The lowest BCUT2D eigenvalue weighted by Crippen LogP contribution is -2.22. The van der Waals surface area contributed by atoms with Crippen molar-refractivity contribution >= 4 is 11.3 Å². The average Bonchev–Trinajstić information content (AvgIpc) is 3.06. The number of ether oxygens (including phenoxy) is 1. The standard InChI is InChI=1S/C14H14N4O2S/c1-10-5-3-4-6-13(10)20-7-11-8-21-9-12(11)18-14(19)17(2)15-16-18/h3-6,8-9H,7H2,1-2H3/i3T. The zero-order chi connectivity index (χ0) is 15.7. The summed E-state index contributed by atoms with van der Waals surface area (Å²) in [7, 11) is 1.56. The summed E-state index contributed by atoms with van der Waals surface area (Å²) in [5.74, 6) is 0.722. The van der Waals surface area contributed by atoms with Gasteiger partial charge in [-0.2, -0.15) is 9.36 Å². The summed E-state index contributed by atoms with van der Waals surface area (Å²) in [5.41, 5.74) is 2.15. The number of aryl methyl sites for hydroxylation is 2. The summed E-state index contributed by atoms with van der Waals surface area (Å²) in [5, 5.41) is 11.3. The van der Waals surface area contributed by atoms with Crippen LogP contribution in [0.1, 0.15) is 12.5 Å². The van der Waals surface area contributed by atoms with Crippen molar-refractivity contribution < 1.29 is 6.11 Å². The van der Waals surface area contributed by atoms with E-state index in [1.807, 2.05) is 17.7 Å². The third kappa shape index (κ3) is 2.59. The van der Waals surface area contributed by atoms with E-state index in [2.05, 4.69) is 10.4 Å². The molecule has 0 N–H and O–H groups in total. The number of hydrogen-bond acceptors (Lipinski definition) is 5. The van der Waals surface area contributed by atoms with E-state index in [4.69, 9.17) is 6.11 Å². The van der Waals surface area contributed by atoms with Crippen molar-refractivity contribution in [2.75, 3.05) is 0 Å². The molecule has 6 nitrogen and oxygen atoms in total. The number of rotatable bonds is 4. The molecule has 3 rings (SSSR count).